The minimum absolute atomic E-state index is 0.00787. The van der Waals surface area contributed by atoms with Crippen LogP contribution in [0.2, 0.25) is 0 Å². The van der Waals surface area contributed by atoms with Gasteiger partial charge in [-0.3, -0.25) is 0 Å². The molecule has 0 atom stereocenters. The summed E-state index contributed by atoms with van der Waals surface area (Å²) in [6.45, 7) is 0.00787. The third-order valence-corrected chi connectivity index (χ3v) is 1.71. The number of anilines is 1. The Hall–Kier alpha value is -1.43. The average molecular weight is 203 g/mol. The van der Waals surface area contributed by atoms with Crippen LogP contribution in [0.4, 0.5) is 14.5 Å². The van der Waals surface area contributed by atoms with E-state index in [1.54, 1.807) is 0 Å². The van der Waals surface area contributed by atoms with Crippen LogP contribution < -0.4 is 16.2 Å². The predicted octanol–water partition coefficient (Wildman–Crippen LogP) is 1.07. The Kier molecular flexibility index (Phi) is 3.19. The van der Waals surface area contributed by atoms with Gasteiger partial charge in [-0.15, -0.1) is 0 Å². The number of nitrogen functional groups attached to an aromatic ring is 1. The normalized spacial score (nSPS) is 10.6. The molecule has 1 rings (SSSR count). The maximum absolute atomic E-state index is 12.3. The number of methoxy groups -OCH3 is 1. The van der Waals surface area contributed by atoms with Crippen molar-refractivity contribution in [2.75, 3.05) is 12.8 Å². The summed E-state index contributed by atoms with van der Waals surface area (Å²) in [4.78, 5) is 3.64. The molecule has 0 aliphatic carbocycles. The monoisotopic (exact) mass is 203 g/mol. The van der Waals surface area contributed by atoms with Crippen molar-refractivity contribution < 1.29 is 13.5 Å². The molecular weight excluding hydrogens is 192 g/mol. The third-order valence-electron chi connectivity index (χ3n) is 1.71. The quantitative estimate of drug-likeness (QED) is 0.770. The van der Waals surface area contributed by atoms with Crippen molar-refractivity contribution in [3.8, 4) is 5.75 Å². The lowest BCUT2D eigenvalue weighted by Gasteiger charge is -2.10. The molecule has 6 heteroatoms. The molecule has 0 aliphatic rings. The summed E-state index contributed by atoms with van der Waals surface area (Å²) in [6.07, 6.45) is -2.66. The van der Waals surface area contributed by atoms with Crippen LogP contribution in [0.1, 0.15) is 17.8 Å². The molecule has 1 aromatic heterocycles. The highest BCUT2D eigenvalue weighted by atomic mass is 19.3. The second-order valence-corrected chi connectivity index (χ2v) is 2.62. The van der Waals surface area contributed by atoms with E-state index in [0.29, 0.717) is 0 Å². The van der Waals surface area contributed by atoms with Gasteiger partial charge in [-0.25, -0.2) is 13.8 Å². The summed E-state index contributed by atoms with van der Waals surface area (Å²) in [5.74, 6) is 0.261. The Bertz CT molecular complexity index is 331. The molecule has 1 aromatic rings. The smallest absolute Gasteiger partial charge is 0.280 e. The number of nitrogens with two attached hydrogens (primary N) is 2. The highest BCUT2D eigenvalue weighted by molar-refractivity contribution is 5.55. The number of hydrogen-bond acceptors (Lipinski definition) is 4. The molecule has 0 unspecified atom stereocenters. The van der Waals surface area contributed by atoms with Gasteiger partial charge < -0.3 is 16.2 Å². The fourth-order valence-corrected chi connectivity index (χ4v) is 1.12. The Morgan fingerprint density at radius 3 is 2.64 bits per heavy atom. The van der Waals surface area contributed by atoms with Crippen molar-refractivity contribution in [3.63, 3.8) is 0 Å². The van der Waals surface area contributed by atoms with E-state index in [9.17, 15) is 8.78 Å². The van der Waals surface area contributed by atoms with Crippen molar-refractivity contribution in [2.24, 2.45) is 5.73 Å². The molecule has 4 nitrogen and oxygen atoms in total. The van der Waals surface area contributed by atoms with Gasteiger partial charge in [0.25, 0.3) is 6.43 Å². The maximum Gasteiger partial charge on any atom is 0.280 e. The van der Waals surface area contributed by atoms with Crippen LogP contribution in [0.3, 0.4) is 0 Å². The van der Waals surface area contributed by atoms with Crippen molar-refractivity contribution >= 4 is 5.69 Å². The lowest BCUT2D eigenvalue weighted by Crippen LogP contribution is -2.08. The molecule has 0 saturated heterocycles. The first kappa shape index (κ1) is 10.6. The highest BCUT2D eigenvalue weighted by Gasteiger charge is 2.15. The zero-order valence-corrected chi connectivity index (χ0v) is 7.63. The summed E-state index contributed by atoms with van der Waals surface area (Å²) in [7, 11) is 1.38. The van der Waals surface area contributed by atoms with Crippen molar-refractivity contribution in [3.05, 3.63) is 17.5 Å². The van der Waals surface area contributed by atoms with Gasteiger partial charge in [0, 0.05) is 6.54 Å². The SMILES string of the molecule is COc1c(N)cc(C(F)F)nc1CN. The molecule has 14 heavy (non-hydrogen) atoms. The molecule has 0 fully saturated rings. The first-order valence-corrected chi connectivity index (χ1v) is 3.91. The first-order chi connectivity index (χ1) is 6.60. The van der Waals surface area contributed by atoms with E-state index >= 15 is 0 Å². The van der Waals surface area contributed by atoms with E-state index in [4.69, 9.17) is 16.2 Å². The van der Waals surface area contributed by atoms with E-state index in [-0.39, 0.29) is 29.4 Å². The Labute approximate surface area is 79.9 Å². The zero-order chi connectivity index (χ0) is 10.7. The molecule has 0 bridgehead atoms. The van der Waals surface area contributed by atoms with Crippen LogP contribution in [-0.2, 0) is 6.54 Å². The van der Waals surface area contributed by atoms with E-state index < -0.39 is 6.43 Å². The van der Waals surface area contributed by atoms with Gasteiger partial charge in [-0.1, -0.05) is 0 Å². The minimum Gasteiger partial charge on any atom is -0.493 e. The Balaban J connectivity index is 3.24. The summed E-state index contributed by atoms with van der Waals surface area (Å²) >= 11 is 0. The van der Waals surface area contributed by atoms with Crippen LogP contribution >= 0.6 is 0 Å². The molecule has 4 N–H and O–H groups in total. The van der Waals surface area contributed by atoms with Gasteiger partial charge in [0.15, 0.2) is 5.75 Å². The lowest BCUT2D eigenvalue weighted by molar-refractivity contribution is 0.145. The summed E-state index contributed by atoms with van der Waals surface area (Å²) in [5, 5.41) is 0. The van der Waals surface area contributed by atoms with E-state index in [0.717, 1.165) is 6.07 Å². The number of hydrogen-bond donors (Lipinski definition) is 2. The van der Waals surface area contributed by atoms with Gasteiger partial charge in [0.1, 0.15) is 5.69 Å². The number of halogens is 2. The molecule has 0 spiro atoms. The Morgan fingerprint density at radius 2 is 2.21 bits per heavy atom. The van der Waals surface area contributed by atoms with E-state index in [1.165, 1.54) is 7.11 Å². The fourth-order valence-electron chi connectivity index (χ4n) is 1.12. The Morgan fingerprint density at radius 1 is 1.57 bits per heavy atom. The maximum atomic E-state index is 12.3. The van der Waals surface area contributed by atoms with Crippen molar-refractivity contribution in [1.29, 1.82) is 0 Å². The number of pyridine rings is 1. The van der Waals surface area contributed by atoms with Gasteiger partial charge in [0.05, 0.1) is 18.5 Å². The molecule has 0 amide bonds. The molecule has 1 heterocycles. The average Bonchev–Trinajstić information content (AvgIpc) is 2.16. The third kappa shape index (κ3) is 1.90. The molecular formula is C8H11F2N3O. The number of alkyl halides is 2. The van der Waals surface area contributed by atoms with Crippen molar-refractivity contribution in [1.82, 2.24) is 4.98 Å². The molecule has 0 aliphatic heterocycles. The number of ether oxygens (including phenoxy) is 1. The van der Waals surface area contributed by atoms with Crippen LogP contribution in [0.5, 0.6) is 5.75 Å². The summed E-state index contributed by atoms with van der Waals surface area (Å²) in [5.41, 5.74) is 10.8. The van der Waals surface area contributed by atoms with E-state index in [2.05, 4.69) is 4.98 Å². The van der Waals surface area contributed by atoms with Crippen LogP contribution in [0, 0.1) is 0 Å². The molecule has 0 saturated carbocycles. The second kappa shape index (κ2) is 4.19. The topological polar surface area (TPSA) is 74.2 Å². The molecule has 0 radical (unpaired) electrons. The number of aromatic nitrogens is 1. The van der Waals surface area contributed by atoms with Crippen LogP contribution in [-0.4, -0.2) is 12.1 Å². The van der Waals surface area contributed by atoms with E-state index in [1.807, 2.05) is 0 Å². The summed E-state index contributed by atoms with van der Waals surface area (Å²) in [6, 6.07) is 1.09. The minimum atomic E-state index is -2.66. The van der Waals surface area contributed by atoms with Gasteiger partial charge in [-0.05, 0) is 6.07 Å². The van der Waals surface area contributed by atoms with Gasteiger partial charge in [-0.2, -0.15) is 0 Å². The highest BCUT2D eigenvalue weighted by Crippen LogP contribution is 2.28. The van der Waals surface area contributed by atoms with Crippen LogP contribution in [0.15, 0.2) is 6.07 Å². The largest absolute Gasteiger partial charge is 0.493 e. The zero-order valence-electron chi connectivity index (χ0n) is 7.63. The predicted molar refractivity (Wildman–Crippen MR) is 48.0 cm³/mol. The second-order valence-electron chi connectivity index (χ2n) is 2.62. The first-order valence-electron chi connectivity index (χ1n) is 3.91. The van der Waals surface area contributed by atoms with Crippen LogP contribution in [0.25, 0.3) is 0 Å². The number of rotatable bonds is 3. The summed E-state index contributed by atoms with van der Waals surface area (Å²) < 4.78 is 29.5. The fraction of sp³-hybridized carbons (Fsp3) is 0.375. The van der Waals surface area contributed by atoms with Gasteiger partial charge in [0.2, 0.25) is 0 Å². The standard InChI is InChI=1S/C8H11F2N3O/c1-14-7-4(12)2-5(8(9)10)13-6(7)3-11/h2,8H,3,11H2,1H3,(H2,12,13). The van der Waals surface area contributed by atoms with Gasteiger partial charge >= 0.3 is 0 Å². The molecule has 0 aromatic carbocycles. The number of nitrogens with zero attached hydrogens (tertiary/aromatic N) is 1. The molecule has 78 valence electrons. The lowest BCUT2D eigenvalue weighted by atomic mass is 10.2. The van der Waals surface area contributed by atoms with Crippen molar-refractivity contribution in [2.45, 2.75) is 13.0 Å².